The molecule has 1 N–H and O–H groups in total. The maximum atomic E-state index is 13.2. The van der Waals surface area contributed by atoms with Gasteiger partial charge in [-0.2, -0.15) is 4.31 Å². The van der Waals surface area contributed by atoms with Gasteiger partial charge in [-0.1, -0.05) is 29.3 Å². The number of nitrogens with one attached hydrogen (secondary N) is 1. The van der Waals surface area contributed by atoms with E-state index in [1.807, 2.05) is 0 Å². The Morgan fingerprint density at radius 3 is 2.68 bits per heavy atom. The summed E-state index contributed by atoms with van der Waals surface area (Å²) in [6, 6.07) is 11.5. The highest BCUT2D eigenvalue weighted by molar-refractivity contribution is 7.89. The summed E-state index contributed by atoms with van der Waals surface area (Å²) >= 11 is 12.4. The normalized spacial score (nSPS) is 23.4. The molecule has 5 rings (SSSR count). The number of nitrogens with zero attached hydrogens (tertiary/aromatic N) is 3. The highest BCUT2D eigenvalue weighted by Crippen LogP contribution is 2.45. The zero-order valence-corrected chi connectivity index (χ0v) is 21.7. The maximum absolute atomic E-state index is 13.2. The van der Waals surface area contributed by atoms with E-state index < -0.39 is 10.0 Å². The van der Waals surface area contributed by atoms with Gasteiger partial charge in [0.25, 0.3) is 0 Å². The number of hydrogen-bond donors (Lipinski definition) is 1. The van der Waals surface area contributed by atoms with Gasteiger partial charge in [0.1, 0.15) is 0 Å². The minimum absolute atomic E-state index is 0.193. The third-order valence-electron chi connectivity index (χ3n) is 6.96. The number of ether oxygens (including phenoxy) is 1. The second kappa shape index (κ2) is 9.37. The van der Waals surface area contributed by atoms with Crippen LogP contribution in [0.3, 0.4) is 0 Å². The van der Waals surface area contributed by atoms with Crippen molar-refractivity contribution in [3.8, 4) is 0 Å². The number of fused-ring (bicyclic) bond motifs is 3. The van der Waals surface area contributed by atoms with Crippen LogP contribution < -0.4 is 10.2 Å². The molecule has 182 valence electrons. The number of anilines is 2. The molecule has 0 unspecified atom stereocenters. The summed E-state index contributed by atoms with van der Waals surface area (Å²) in [5.74, 6) is 0.372. The van der Waals surface area contributed by atoms with Crippen LogP contribution in [0.1, 0.15) is 23.5 Å². The number of benzene rings is 2. The fourth-order valence-corrected chi connectivity index (χ4v) is 7.16. The van der Waals surface area contributed by atoms with Crippen LogP contribution in [0.5, 0.6) is 0 Å². The molecule has 34 heavy (non-hydrogen) atoms. The van der Waals surface area contributed by atoms with Crippen molar-refractivity contribution in [2.24, 2.45) is 0 Å². The van der Waals surface area contributed by atoms with Crippen LogP contribution in [-0.4, -0.2) is 75.2 Å². The molecule has 3 heterocycles. The third kappa shape index (κ3) is 4.34. The van der Waals surface area contributed by atoms with E-state index in [4.69, 9.17) is 28.6 Å². The predicted molar refractivity (Wildman–Crippen MR) is 140 cm³/mol. The molecule has 0 saturated carbocycles. The Bertz CT molecular complexity index is 1220. The van der Waals surface area contributed by atoms with Gasteiger partial charge < -0.3 is 19.9 Å². The van der Waals surface area contributed by atoms with Crippen LogP contribution >= 0.6 is 23.8 Å². The van der Waals surface area contributed by atoms with Crippen LogP contribution in [0.2, 0.25) is 5.02 Å². The number of sulfonamides is 1. The highest BCUT2D eigenvalue weighted by Gasteiger charge is 2.43. The first kappa shape index (κ1) is 24.0. The average Bonchev–Trinajstić information content (AvgIpc) is 3.13. The van der Waals surface area contributed by atoms with Crippen LogP contribution in [0, 0.1) is 6.92 Å². The molecule has 0 bridgehead atoms. The number of morpholine rings is 1. The summed E-state index contributed by atoms with van der Waals surface area (Å²) in [7, 11) is -1.48. The predicted octanol–water partition coefficient (Wildman–Crippen LogP) is 3.67. The highest BCUT2D eigenvalue weighted by atomic mass is 35.5. The molecule has 0 amide bonds. The minimum Gasteiger partial charge on any atom is -0.379 e. The Hall–Kier alpha value is -1.75. The van der Waals surface area contributed by atoms with Gasteiger partial charge in [-0.3, -0.25) is 0 Å². The van der Waals surface area contributed by atoms with Crippen LogP contribution in [0.15, 0.2) is 41.3 Å². The van der Waals surface area contributed by atoms with E-state index in [1.54, 1.807) is 18.2 Å². The van der Waals surface area contributed by atoms with E-state index in [2.05, 4.69) is 47.3 Å². The van der Waals surface area contributed by atoms with E-state index in [9.17, 15) is 8.42 Å². The summed E-state index contributed by atoms with van der Waals surface area (Å²) in [6.45, 7) is 5.57. The van der Waals surface area contributed by atoms with E-state index >= 15 is 0 Å². The number of rotatable bonds is 3. The molecule has 3 aliphatic rings. The number of likely N-dealkylation sites (tertiary alicyclic amines) is 1. The number of piperidine rings is 1. The third-order valence-corrected chi connectivity index (χ3v) is 9.48. The summed E-state index contributed by atoms with van der Waals surface area (Å²) < 4.78 is 33.1. The monoisotopic (exact) mass is 520 g/mol. The molecule has 3 aliphatic heterocycles. The van der Waals surface area contributed by atoms with Crippen molar-refractivity contribution in [2.45, 2.75) is 30.2 Å². The summed E-state index contributed by atoms with van der Waals surface area (Å²) in [5.41, 5.74) is 4.15. The molecule has 0 aliphatic carbocycles. The molecule has 0 spiro atoms. The fourth-order valence-electron chi connectivity index (χ4n) is 5.22. The Balaban J connectivity index is 1.44. The van der Waals surface area contributed by atoms with Crippen molar-refractivity contribution in [1.82, 2.24) is 9.21 Å². The largest absolute Gasteiger partial charge is 0.379 e. The first-order valence-corrected chi connectivity index (χ1v) is 13.7. The van der Waals surface area contributed by atoms with Gasteiger partial charge in [-0.05, 0) is 69.0 Å². The number of aryl methyl sites for hydroxylation is 1. The molecule has 2 fully saturated rings. The lowest BCUT2D eigenvalue weighted by Crippen LogP contribution is -2.48. The van der Waals surface area contributed by atoms with E-state index in [0.29, 0.717) is 48.0 Å². The molecular formula is C24H29ClN4O3S2. The molecule has 10 heteroatoms. The van der Waals surface area contributed by atoms with Crippen LogP contribution in [-0.2, 0) is 14.8 Å². The zero-order valence-electron chi connectivity index (χ0n) is 19.3. The second-order valence-electron chi connectivity index (χ2n) is 9.25. The topological polar surface area (TPSA) is 65.1 Å². The molecule has 0 aromatic heterocycles. The van der Waals surface area contributed by atoms with Crippen molar-refractivity contribution < 1.29 is 13.2 Å². The van der Waals surface area contributed by atoms with Gasteiger partial charge in [0.05, 0.1) is 28.8 Å². The van der Waals surface area contributed by atoms with Crippen molar-refractivity contribution in [3.63, 3.8) is 0 Å². The number of likely N-dealkylation sites (N-methyl/N-ethyl adjacent to an activating group) is 1. The van der Waals surface area contributed by atoms with E-state index in [0.717, 1.165) is 25.2 Å². The van der Waals surface area contributed by atoms with Crippen molar-refractivity contribution in [1.29, 1.82) is 0 Å². The Labute approximate surface area is 211 Å². The summed E-state index contributed by atoms with van der Waals surface area (Å²) in [6.07, 6.45) is 0.996. The van der Waals surface area contributed by atoms with Crippen LogP contribution in [0.4, 0.5) is 11.4 Å². The SMILES string of the molecule is Cc1ccc2c(c1)[C@H]1CN(C)CC[C@@H]1N2C(=S)Nc1cc(S(=O)(=O)N2CCOCC2)ccc1Cl. The van der Waals surface area contributed by atoms with Crippen LogP contribution in [0.25, 0.3) is 0 Å². The molecule has 2 atom stereocenters. The first-order valence-electron chi connectivity index (χ1n) is 11.5. The molecule has 2 aromatic carbocycles. The van der Waals surface area contributed by atoms with Crippen molar-refractivity contribution >= 4 is 50.3 Å². The van der Waals surface area contributed by atoms with Crippen molar-refractivity contribution in [2.75, 3.05) is 56.7 Å². The number of halogens is 1. The maximum Gasteiger partial charge on any atom is 0.243 e. The van der Waals surface area contributed by atoms with Gasteiger partial charge in [-0.15, -0.1) is 0 Å². The smallest absolute Gasteiger partial charge is 0.243 e. The standard InChI is InChI=1S/C24H29ClN4O3S2/c1-16-3-6-22-18(13-16)19-15-27(2)8-7-23(19)29(22)24(33)26-21-14-17(4-5-20(21)25)34(30,31)28-9-11-32-12-10-28/h3-6,13-14,19,23H,7-12,15H2,1-2H3,(H,26,33)/t19-,23+/m1/s1. The summed E-state index contributed by atoms with van der Waals surface area (Å²) in [5, 5.41) is 4.23. The van der Waals surface area contributed by atoms with Crippen molar-refractivity contribution in [3.05, 3.63) is 52.5 Å². The first-order chi connectivity index (χ1) is 16.3. The second-order valence-corrected chi connectivity index (χ2v) is 12.0. The van der Waals surface area contributed by atoms with Gasteiger partial charge in [0.2, 0.25) is 10.0 Å². The van der Waals surface area contributed by atoms with Gasteiger partial charge in [-0.25, -0.2) is 8.42 Å². The molecular weight excluding hydrogens is 492 g/mol. The lowest BCUT2D eigenvalue weighted by molar-refractivity contribution is 0.0730. The Morgan fingerprint density at radius 2 is 1.91 bits per heavy atom. The minimum atomic E-state index is -3.64. The Morgan fingerprint density at radius 1 is 1.15 bits per heavy atom. The molecule has 0 radical (unpaired) electrons. The lowest BCUT2D eigenvalue weighted by Gasteiger charge is -2.37. The zero-order chi connectivity index (χ0) is 24.0. The molecule has 2 aromatic rings. The average molecular weight is 521 g/mol. The van der Waals surface area contributed by atoms with Gasteiger partial charge in [0, 0.05) is 37.3 Å². The summed E-state index contributed by atoms with van der Waals surface area (Å²) in [4.78, 5) is 4.75. The fraction of sp³-hybridized carbons (Fsp3) is 0.458. The van der Waals surface area contributed by atoms with E-state index in [-0.39, 0.29) is 10.9 Å². The quantitative estimate of drug-likeness (QED) is 0.619. The van der Waals surface area contributed by atoms with E-state index in [1.165, 1.54) is 15.4 Å². The lowest BCUT2D eigenvalue weighted by atomic mass is 9.89. The number of thiocarbonyl (C=S) groups is 1. The molecule has 2 saturated heterocycles. The Kier molecular flexibility index (Phi) is 6.60. The van der Waals surface area contributed by atoms with Gasteiger partial charge in [0.15, 0.2) is 5.11 Å². The molecule has 7 nitrogen and oxygen atoms in total. The number of hydrogen-bond acceptors (Lipinski definition) is 5. The van der Waals surface area contributed by atoms with Gasteiger partial charge >= 0.3 is 0 Å².